The van der Waals surface area contributed by atoms with Gasteiger partial charge in [0.2, 0.25) is 0 Å². The molecule has 0 aromatic rings. The lowest BCUT2D eigenvalue weighted by atomic mass is 10.0. The predicted octanol–water partition coefficient (Wildman–Crippen LogP) is 2.06. The predicted molar refractivity (Wildman–Crippen MR) is 55.7 cm³/mol. The first-order valence-corrected chi connectivity index (χ1v) is 6.25. The van der Waals surface area contributed by atoms with E-state index in [0.29, 0.717) is 18.8 Å². The van der Waals surface area contributed by atoms with Crippen molar-refractivity contribution >= 4 is 10.1 Å². The Hall–Kier alpha value is -0.130. The van der Waals surface area contributed by atoms with Crippen LogP contribution in [0.3, 0.4) is 0 Å². The monoisotopic (exact) mass is 224 g/mol. The zero-order valence-electron chi connectivity index (χ0n) is 9.28. The molecule has 14 heavy (non-hydrogen) atoms. The molecule has 0 saturated heterocycles. The number of hydrogen-bond acceptors (Lipinski definition) is 3. The van der Waals surface area contributed by atoms with Gasteiger partial charge in [0.1, 0.15) is 0 Å². The molecule has 0 aliphatic heterocycles. The topological polar surface area (TPSA) is 63.6 Å². The minimum absolute atomic E-state index is 0.259. The summed E-state index contributed by atoms with van der Waals surface area (Å²) in [6, 6.07) is 0. The van der Waals surface area contributed by atoms with E-state index in [1.54, 1.807) is 6.92 Å². The highest BCUT2D eigenvalue weighted by atomic mass is 32.2. The van der Waals surface area contributed by atoms with Crippen LogP contribution in [0.5, 0.6) is 0 Å². The Morgan fingerprint density at radius 2 is 1.93 bits per heavy atom. The van der Waals surface area contributed by atoms with E-state index in [2.05, 4.69) is 0 Å². The molecule has 0 heterocycles. The van der Waals surface area contributed by atoms with Crippen molar-refractivity contribution in [3.63, 3.8) is 0 Å². The summed E-state index contributed by atoms with van der Waals surface area (Å²) in [6.07, 6.45) is 1.30. The highest BCUT2D eigenvalue weighted by Crippen LogP contribution is 2.29. The number of ether oxygens (including phenoxy) is 1. The largest absolute Gasteiger partial charge is 0.360 e. The van der Waals surface area contributed by atoms with Gasteiger partial charge in [-0.1, -0.05) is 20.8 Å². The Labute approximate surface area is 86.4 Å². The zero-order chi connectivity index (χ0) is 11.4. The summed E-state index contributed by atoms with van der Waals surface area (Å²) in [7, 11) is -2.83. The summed E-state index contributed by atoms with van der Waals surface area (Å²) in [5.74, 6) is 0.387. The van der Waals surface area contributed by atoms with Gasteiger partial charge in [0.25, 0.3) is 10.1 Å². The lowest BCUT2D eigenvalue weighted by molar-refractivity contribution is 0.0389. The van der Waals surface area contributed by atoms with E-state index in [1.807, 2.05) is 13.8 Å². The standard InChI is InChI=1S/C9H20O4S/c1-5-9(13-4,14(10,11)12)7-6-8(2)3/h8H,5-7H2,1-4H3,(H,10,11,12). The summed E-state index contributed by atoms with van der Waals surface area (Å²) in [6.45, 7) is 5.69. The smallest absolute Gasteiger partial charge is 0.295 e. The van der Waals surface area contributed by atoms with Crippen LogP contribution in [0, 0.1) is 5.92 Å². The number of rotatable bonds is 6. The van der Waals surface area contributed by atoms with Crippen LogP contribution in [0.25, 0.3) is 0 Å². The van der Waals surface area contributed by atoms with Crippen LogP contribution in [0.1, 0.15) is 40.0 Å². The minimum atomic E-state index is -4.14. The van der Waals surface area contributed by atoms with E-state index >= 15 is 0 Å². The van der Waals surface area contributed by atoms with E-state index in [4.69, 9.17) is 9.29 Å². The summed E-state index contributed by atoms with van der Waals surface area (Å²) in [5.41, 5.74) is 0. The fraction of sp³-hybridized carbons (Fsp3) is 1.00. The molecular weight excluding hydrogens is 204 g/mol. The second-order valence-electron chi connectivity index (χ2n) is 3.88. The van der Waals surface area contributed by atoms with Crippen LogP contribution in [0.15, 0.2) is 0 Å². The van der Waals surface area contributed by atoms with Crippen LogP contribution in [0.2, 0.25) is 0 Å². The molecule has 4 nitrogen and oxygen atoms in total. The molecule has 1 unspecified atom stereocenters. The molecule has 0 aliphatic rings. The zero-order valence-corrected chi connectivity index (χ0v) is 10.1. The quantitative estimate of drug-likeness (QED) is 0.701. The fourth-order valence-electron chi connectivity index (χ4n) is 1.35. The summed E-state index contributed by atoms with van der Waals surface area (Å²) >= 11 is 0. The molecule has 1 N–H and O–H groups in total. The lowest BCUT2D eigenvalue weighted by Crippen LogP contribution is -2.40. The van der Waals surface area contributed by atoms with Gasteiger partial charge in [-0.3, -0.25) is 4.55 Å². The minimum Gasteiger partial charge on any atom is -0.360 e. The molecule has 0 aromatic carbocycles. The molecule has 0 radical (unpaired) electrons. The Bertz CT molecular complexity index is 252. The van der Waals surface area contributed by atoms with E-state index in [9.17, 15) is 8.42 Å². The molecule has 0 aliphatic carbocycles. The Morgan fingerprint density at radius 3 is 2.14 bits per heavy atom. The van der Waals surface area contributed by atoms with Crippen molar-refractivity contribution in [3.05, 3.63) is 0 Å². The van der Waals surface area contributed by atoms with Gasteiger partial charge in [-0.2, -0.15) is 8.42 Å². The maximum Gasteiger partial charge on any atom is 0.295 e. The van der Waals surface area contributed by atoms with Crippen molar-refractivity contribution in [2.75, 3.05) is 7.11 Å². The Balaban J connectivity index is 4.73. The normalized spacial score (nSPS) is 17.0. The second kappa shape index (κ2) is 5.09. The van der Waals surface area contributed by atoms with Crippen molar-refractivity contribution in [2.24, 2.45) is 5.92 Å². The van der Waals surface area contributed by atoms with Crippen molar-refractivity contribution in [1.82, 2.24) is 0 Å². The van der Waals surface area contributed by atoms with Gasteiger partial charge in [-0.25, -0.2) is 0 Å². The maximum absolute atomic E-state index is 11.2. The highest BCUT2D eigenvalue weighted by Gasteiger charge is 2.41. The van der Waals surface area contributed by atoms with Gasteiger partial charge in [-0.05, 0) is 25.2 Å². The van der Waals surface area contributed by atoms with Crippen molar-refractivity contribution in [3.8, 4) is 0 Å². The molecule has 1 atom stereocenters. The van der Waals surface area contributed by atoms with Crippen LogP contribution < -0.4 is 0 Å². The highest BCUT2D eigenvalue weighted by molar-refractivity contribution is 7.87. The van der Waals surface area contributed by atoms with Gasteiger partial charge in [-0.15, -0.1) is 0 Å². The van der Waals surface area contributed by atoms with Gasteiger partial charge in [0, 0.05) is 7.11 Å². The molecule has 86 valence electrons. The molecular formula is C9H20O4S. The average molecular weight is 224 g/mol. The molecule has 0 spiro atoms. The number of hydrogen-bond donors (Lipinski definition) is 1. The third-order valence-corrected chi connectivity index (χ3v) is 4.08. The Kier molecular flexibility index (Phi) is 5.05. The molecule has 0 fully saturated rings. The lowest BCUT2D eigenvalue weighted by Gasteiger charge is -2.28. The van der Waals surface area contributed by atoms with E-state index < -0.39 is 15.1 Å². The first-order valence-electron chi connectivity index (χ1n) is 4.81. The maximum atomic E-state index is 11.2. The molecule has 0 saturated carbocycles. The molecule has 0 rings (SSSR count). The SMILES string of the molecule is CCC(CCC(C)C)(OC)S(=O)(=O)O. The molecule has 0 amide bonds. The van der Waals surface area contributed by atoms with Crippen molar-refractivity contribution in [2.45, 2.75) is 45.0 Å². The number of methoxy groups -OCH3 is 1. The molecule has 0 bridgehead atoms. The summed E-state index contributed by atoms with van der Waals surface area (Å²) in [4.78, 5) is -1.42. The van der Waals surface area contributed by atoms with Crippen LogP contribution in [0.4, 0.5) is 0 Å². The molecule has 0 aromatic heterocycles. The van der Waals surface area contributed by atoms with Gasteiger partial charge in [0.15, 0.2) is 4.93 Å². The van der Waals surface area contributed by atoms with Crippen LogP contribution >= 0.6 is 0 Å². The van der Waals surface area contributed by atoms with Gasteiger partial charge >= 0.3 is 0 Å². The van der Waals surface area contributed by atoms with Gasteiger partial charge < -0.3 is 4.74 Å². The first kappa shape index (κ1) is 13.9. The summed E-state index contributed by atoms with van der Waals surface area (Å²) in [5, 5.41) is 0. The van der Waals surface area contributed by atoms with Crippen LogP contribution in [-0.4, -0.2) is 25.0 Å². The fourth-order valence-corrected chi connectivity index (χ4v) is 2.30. The second-order valence-corrected chi connectivity index (χ2v) is 5.57. The first-order chi connectivity index (χ1) is 6.29. The van der Waals surface area contributed by atoms with E-state index in [0.717, 1.165) is 0 Å². The van der Waals surface area contributed by atoms with E-state index in [-0.39, 0.29) is 6.42 Å². The summed E-state index contributed by atoms with van der Waals surface area (Å²) < 4.78 is 36.4. The molecule has 5 heteroatoms. The third kappa shape index (κ3) is 3.22. The van der Waals surface area contributed by atoms with Gasteiger partial charge in [0.05, 0.1) is 0 Å². The van der Waals surface area contributed by atoms with Crippen molar-refractivity contribution in [1.29, 1.82) is 0 Å². The Morgan fingerprint density at radius 1 is 1.43 bits per heavy atom. The van der Waals surface area contributed by atoms with Crippen LogP contribution in [-0.2, 0) is 14.9 Å². The van der Waals surface area contributed by atoms with E-state index in [1.165, 1.54) is 7.11 Å². The average Bonchev–Trinajstić information content (AvgIpc) is 2.04. The van der Waals surface area contributed by atoms with Crippen molar-refractivity contribution < 1.29 is 17.7 Å². The third-order valence-electron chi connectivity index (χ3n) is 2.48.